The summed E-state index contributed by atoms with van der Waals surface area (Å²) in [4.78, 5) is 0. The van der Waals surface area contributed by atoms with Gasteiger partial charge >= 0.3 is 0 Å². The Morgan fingerprint density at radius 1 is 1.17 bits per heavy atom. The van der Waals surface area contributed by atoms with Gasteiger partial charge in [-0.15, -0.1) is 0 Å². The van der Waals surface area contributed by atoms with Gasteiger partial charge in [0.05, 0.1) is 0 Å². The van der Waals surface area contributed by atoms with Crippen LogP contribution in [0.2, 0.25) is 0 Å². The summed E-state index contributed by atoms with van der Waals surface area (Å²) in [5.41, 5.74) is 2.82. The van der Waals surface area contributed by atoms with E-state index < -0.39 is 0 Å². The van der Waals surface area contributed by atoms with Crippen molar-refractivity contribution in [1.29, 1.82) is 0 Å². The molecule has 1 fully saturated rings. The van der Waals surface area contributed by atoms with Gasteiger partial charge in [-0.25, -0.2) is 0 Å². The van der Waals surface area contributed by atoms with Crippen molar-refractivity contribution >= 4 is 0 Å². The molecule has 0 saturated heterocycles. The maximum Gasteiger partial charge on any atom is 0.120 e. The van der Waals surface area contributed by atoms with E-state index in [1.54, 1.807) is 6.07 Å². The molecule has 2 rings (SSSR count). The first kappa shape index (κ1) is 13.4. The molecule has 2 N–H and O–H groups in total. The molecule has 0 aromatic heterocycles. The fourth-order valence-corrected chi connectivity index (χ4v) is 2.97. The molecule has 0 aliphatic heterocycles. The summed E-state index contributed by atoms with van der Waals surface area (Å²) in [6, 6.07) is 6.47. The number of benzene rings is 1. The topological polar surface area (TPSA) is 32.3 Å². The lowest BCUT2D eigenvalue weighted by Gasteiger charge is -2.17. The van der Waals surface area contributed by atoms with Crippen LogP contribution in [0, 0.1) is 17.8 Å². The van der Waals surface area contributed by atoms with Crippen LogP contribution in [0.15, 0.2) is 18.2 Å². The second kappa shape index (κ2) is 3.99. The van der Waals surface area contributed by atoms with Gasteiger partial charge < -0.3 is 10.4 Å². The lowest BCUT2D eigenvalue weighted by molar-refractivity contribution is 0.440. The Balaban J connectivity index is 2.14. The lowest BCUT2D eigenvalue weighted by atomic mass is 10.0. The maximum atomic E-state index is 9.96. The van der Waals surface area contributed by atoms with Crippen molar-refractivity contribution in [1.82, 2.24) is 5.32 Å². The van der Waals surface area contributed by atoms with Crippen molar-refractivity contribution in [2.24, 2.45) is 10.8 Å². The molecule has 0 spiro atoms. The van der Waals surface area contributed by atoms with Crippen molar-refractivity contribution in [3.8, 4) is 5.75 Å². The molecule has 100 valence electrons. The summed E-state index contributed by atoms with van der Waals surface area (Å²) < 4.78 is 0. The van der Waals surface area contributed by atoms with E-state index in [2.05, 4.69) is 52.9 Å². The molecule has 1 aliphatic rings. The first-order chi connectivity index (χ1) is 8.18. The highest BCUT2D eigenvalue weighted by Crippen LogP contribution is 2.63. The molecule has 1 atom stereocenters. The standard InChI is InChI=1S/C16H25NO/c1-10-7-8-13(18)12(9-10)11(2)17-14-15(3,4)16(14,5)6/h7-9,11,14,17-18H,1-6H3. The van der Waals surface area contributed by atoms with E-state index in [0.717, 1.165) is 5.56 Å². The summed E-state index contributed by atoms with van der Waals surface area (Å²) in [5.74, 6) is 0.386. The molecule has 0 bridgehead atoms. The van der Waals surface area contributed by atoms with Crippen LogP contribution in [0.3, 0.4) is 0 Å². The van der Waals surface area contributed by atoms with E-state index in [-0.39, 0.29) is 6.04 Å². The van der Waals surface area contributed by atoms with Crippen molar-refractivity contribution in [3.05, 3.63) is 29.3 Å². The first-order valence-corrected chi connectivity index (χ1v) is 6.73. The van der Waals surface area contributed by atoms with Gasteiger partial charge in [-0.1, -0.05) is 45.4 Å². The van der Waals surface area contributed by atoms with E-state index in [9.17, 15) is 5.11 Å². The molecule has 2 nitrogen and oxygen atoms in total. The molecular formula is C16H25NO. The lowest BCUT2D eigenvalue weighted by Crippen LogP contribution is -2.25. The molecule has 0 heterocycles. The molecule has 2 heteroatoms. The van der Waals surface area contributed by atoms with Gasteiger partial charge in [0, 0.05) is 17.6 Å². The van der Waals surface area contributed by atoms with Crippen LogP contribution >= 0.6 is 0 Å². The molecule has 1 saturated carbocycles. The number of aryl methyl sites for hydroxylation is 1. The Morgan fingerprint density at radius 3 is 2.22 bits per heavy atom. The molecule has 1 aromatic carbocycles. The van der Waals surface area contributed by atoms with Crippen molar-refractivity contribution < 1.29 is 5.11 Å². The Kier molecular flexibility index (Phi) is 2.97. The monoisotopic (exact) mass is 247 g/mol. The minimum atomic E-state index is 0.177. The highest BCUT2D eigenvalue weighted by Gasteiger charge is 2.64. The third-order valence-corrected chi connectivity index (χ3v) is 5.09. The quantitative estimate of drug-likeness (QED) is 0.852. The van der Waals surface area contributed by atoms with Crippen molar-refractivity contribution in [2.45, 2.75) is 53.6 Å². The maximum absolute atomic E-state index is 9.96. The van der Waals surface area contributed by atoms with E-state index in [4.69, 9.17) is 0 Å². The number of hydrogen-bond acceptors (Lipinski definition) is 2. The number of rotatable bonds is 3. The van der Waals surface area contributed by atoms with Gasteiger partial charge in [-0.3, -0.25) is 0 Å². The summed E-state index contributed by atoms with van der Waals surface area (Å²) in [6.45, 7) is 13.4. The zero-order chi connectivity index (χ0) is 13.7. The third-order valence-electron chi connectivity index (χ3n) is 5.09. The fraction of sp³-hybridized carbons (Fsp3) is 0.625. The van der Waals surface area contributed by atoms with Gasteiger partial charge in [0.25, 0.3) is 0 Å². The molecule has 0 radical (unpaired) electrons. The van der Waals surface area contributed by atoms with Crippen LogP contribution < -0.4 is 5.32 Å². The largest absolute Gasteiger partial charge is 0.508 e. The summed E-state index contributed by atoms with van der Waals surface area (Å²) in [7, 11) is 0. The Hall–Kier alpha value is -1.02. The van der Waals surface area contributed by atoms with Crippen LogP contribution in [-0.2, 0) is 0 Å². The minimum absolute atomic E-state index is 0.177. The Morgan fingerprint density at radius 2 is 1.72 bits per heavy atom. The van der Waals surface area contributed by atoms with Crippen molar-refractivity contribution in [3.63, 3.8) is 0 Å². The zero-order valence-electron chi connectivity index (χ0n) is 12.3. The van der Waals surface area contributed by atoms with E-state index in [0.29, 0.717) is 22.6 Å². The number of phenolic OH excluding ortho intramolecular Hbond substituents is 1. The van der Waals surface area contributed by atoms with Gasteiger partial charge in [-0.2, -0.15) is 0 Å². The predicted octanol–water partition coefficient (Wildman–Crippen LogP) is 3.79. The third kappa shape index (κ3) is 1.93. The van der Waals surface area contributed by atoms with Crippen LogP contribution in [0.1, 0.15) is 51.8 Å². The predicted molar refractivity (Wildman–Crippen MR) is 75.7 cm³/mol. The number of nitrogens with one attached hydrogen (secondary N) is 1. The average molecular weight is 247 g/mol. The summed E-state index contributed by atoms with van der Waals surface area (Å²) in [5, 5.41) is 13.6. The number of aromatic hydroxyl groups is 1. The molecule has 1 aromatic rings. The molecule has 0 amide bonds. The molecule has 1 unspecified atom stereocenters. The SMILES string of the molecule is Cc1ccc(O)c(C(C)NC2C(C)(C)C2(C)C)c1. The number of hydrogen-bond donors (Lipinski definition) is 2. The normalized spacial score (nSPS) is 22.8. The van der Waals surface area contributed by atoms with Crippen LogP contribution in [-0.4, -0.2) is 11.1 Å². The fourth-order valence-electron chi connectivity index (χ4n) is 2.97. The first-order valence-electron chi connectivity index (χ1n) is 6.73. The smallest absolute Gasteiger partial charge is 0.120 e. The molecular weight excluding hydrogens is 222 g/mol. The summed E-state index contributed by atoms with van der Waals surface area (Å²) >= 11 is 0. The van der Waals surface area contributed by atoms with Gasteiger partial charge in [0.2, 0.25) is 0 Å². The summed E-state index contributed by atoms with van der Waals surface area (Å²) in [6.07, 6.45) is 0. The highest BCUT2D eigenvalue weighted by atomic mass is 16.3. The van der Waals surface area contributed by atoms with Crippen LogP contribution in [0.5, 0.6) is 5.75 Å². The van der Waals surface area contributed by atoms with Crippen LogP contribution in [0.4, 0.5) is 0 Å². The van der Waals surface area contributed by atoms with Gasteiger partial charge in [0.1, 0.15) is 5.75 Å². The second-order valence-corrected chi connectivity index (χ2v) is 6.83. The van der Waals surface area contributed by atoms with Gasteiger partial charge in [-0.05, 0) is 30.7 Å². The molecule has 18 heavy (non-hydrogen) atoms. The van der Waals surface area contributed by atoms with Crippen LogP contribution in [0.25, 0.3) is 0 Å². The second-order valence-electron chi connectivity index (χ2n) is 6.83. The highest BCUT2D eigenvalue weighted by molar-refractivity contribution is 5.38. The molecule has 1 aliphatic carbocycles. The Bertz CT molecular complexity index is 448. The van der Waals surface area contributed by atoms with E-state index in [1.807, 2.05) is 6.07 Å². The van der Waals surface area contributed by atoms with E-state index in [1.165, 1.54) is 5.56 Å². The van der Waals surface area contributed by atoms with Gasteiger partial charge in [0.15, 0.2) is 0 Å². The Labute approximate surface area is 110 Å². The zero-order valence-corrected chi connectivity index (χ0v) is 12.3. The number of phenols is 1. The van der Waals surface area contributed by atoms with Crippen molar-refractivity contribution in [2.75, 3.05) is 0 Å². The minimum Gasteiger partial charge on any atom is -0.508 e. The average Bonchev–Trinajstić information content (AvgIpc) is 2.64. The van der Waals surface area contributed by atoms with E-state index >= 15 is 0 Å².